The third-order valence-corrected chi connectivity index (χ3v) is 4.43. The maximum atomic E-state index is 14.3. The molecule has 3 nitrogen and oxygen atoms in total. The molecule has 0 bridgehead atoms. The van der Waals surface area contributed by atoms with Gasteiger partial charge in [-0.2, -0.15) is 0 Å². The van der Waals surface area contributed by atoms with Gasteiger partial charge in [-0.15, -0.1) is 0 Å². The molecule has 0 N–H and O–H groups in total. The topological polar surface area (TPSA) is 37.6 Å². The summed E-state index contributed by atoms with van der Waals surface area (Å²) in [5.41, 5.74) is 3.44. The second kappa shape index (κ2) is 7.42. The zero-order chi connectivity index (χ0) is 18.0. The average Bonchev–Trinajstić information content (AvgIpc) is 2.62. The Morgan fingerprint density at radius 3 is 2.72 bits per heavy atom. The summed E-state index contributed by atoms with van der Waals surface area (Å²) in [6, 6.07) is 6.37. The lowest BCUT2D eigenvalue weighted by molar-refractivity contribution is 0.625. The Balaban J connectivity index is 2.23. The number of rotatable bonds is 2. The zero-order valence-corrected chi connectivity index (χ0v) is 15.9. The molecule has 1 aliphatic rings. The normalized spacial score (nSPS) is 17.6. The molecule has 126 valence electrons. The molecule has 0 fully saturated rings. The number of allylic oxidation sites excluding steroid dienone is 2. The highest BCUT2D eigenvalue weighted by Gasteiger charge is 2.22. The number of hydrogen-bond acceptors (Lipinski definition) is 2. The van der Waals surface area contributed by atoms with Crippen LogP contribution in [0, 0.1) is 5.82 Å². The number of halogens is 3. The number of benzene rings is 1. The van der Waals surface area contributed by atoms with E-state index in [1.807, 2.05) is 25.1 Å². The van der Waals surface area contributed by atoms with Crippen LogP contribution in [0.5, 0.6) is 0 Å². The lowest BCUT2D eigenvalue weighted by atomic mass is 9.92. The molecule has 0 amide bonds. The maximum absolute atomic E-state index is 14.3. The van der Waals surface area contributed by atoms with Crippen LogP contribution in [0.4, 0.5) is 4.39 Å². The van der Waals surface area contributed by atoms with E-state index in [1.165, 1.54) is 12.1 Å². The highest BCUT2D eigenvalue weighted by Crippen LogP contribution is 2.31. The van der Waals surface area contributed by atoms with E-state index in [9.17, 15) is 4.39 Å². The van der Waals surface area contributed by atoms with Gasteiger partial charge in [0.1, 0.15) is 5.82 Å². The summed E-state index contributed by atoms with van der Waals surface area (Å²) < 4.78 is 15.2. The Kier molecular flexibility index (Phi) is 5.25. The Hall–Kier alpha value is -2.11. The zero-order valence-electron chi connectivity index (χ0n) is 13.6. The molecule has 0 saturated carbocycles. The van der Waals surface area contributed by atoms with Crippen LogP contribution in [0.25, 0.3) is 5.57 Å². The van der Waals surface area contributed by atoms with Crippen molar-refractivity contribution < 1.29 is 4.39 Å². The monoisotopic (exact) mass is 417 g/mol. The fraction of sp³-hybridized carbons (Fsp3) is 0.105. The van der Waals surface area contributed by atoms with Crippen LogP contribution in [0.3, 0.4) is 0 Å². The van der Waals surface area contributed by atoms with Gasteiger partial charge < -0.3 is 0 Å². The number of dihydropyridines is 1. The molecule has 0 radical (unpaired) electrons. The van der Waals surface area contributed by atoms with Crippen LogP contribution in [0.1, 0.15) is 18.1 Å². The Labute approximate surface area is 158 Å². The fourth-order valence-corrected chi connectivity index (χ4v) is 3.16. The molecular formula is C19H14BrClFN3. The summed E-state index contributed by atoms with van der Waals surface area (Å²) in [6.07, 6.45) is 7.24. The van der Waals surface area contributed by atoms with E-state index in [1.54, 1.807) is 25.5 Å². The molecule has 6 heteroatoms. The molecule has 25 heavy (non-hydrogen) atoms. The van der Waals surface area contributed by atoms with E-state index in [0.29, 0.717) is 22.1 Å². The smallest absolute Gasteiger partial charge is 0.155 e. The van der Waals surface area contributed by atoms with E-state index in [4.69, 9.17) is 11.6 Å². The van der Waals surface area contributed by atoms with Gasteiger partial charge in [-0.1, -0.05) is 17.7 Å². The van der Waals surface area contributed by atoms with Crippen molar-refractivity contribution in [3.05, 3.63) is 80.8 Å². The van der Waals surface area contributed by atoms with Gasteiger partial charge in [0, 0.05) is 45.6 Å². The number of hydrogen-bond donors (Lipinski definition) is 0. The number of nitrogens with zero attached hydrogens (tertiary/aromatic N) is 3. The maximum Gasteiger partial charge on any atom is 0.155 e. The molecule has 1 aromatic carbocycles. The van der Waals surface area contributed by atoms with E-state index < -0.39 is 0 Å². The van der Waals surface area contributed by atoms with Gasteiger partial charge in [-0.05, 0) is 58.8 Å². The minimum atomic E-state index is -0.384. The molecule has 3 rings (SSSR count). The number of aliphatic imine (C=N–C) groups is 2. The first-order valence-corrected chi connectivity index (χ1v) is 8.71. The van der Waals surface area contributed by atoms with E-state index >= 15 is 0 Å². The number of aromatic nitrogens is 1. The van der Waals surface area contributed by atoms with Crippen molar-refractivity contribution in [2.45, 2.75) is 6.92 Å². The van der Waals surface area contributed by atoms with Crippen molar-refractivity contribution in [2.24, 2.45) is 9.98 Å². The predicted octanol–water partition coefficient (Wildman–Crippen LogP) is 5.50. The summed E-state index contributed by atoms with van der Waals surface area (Å²) in [6.45, 7) is 1.92. The molecular weight excluding hydrogens is 405 g/mol. The first kappa shape index (κ1) is 17.7. The van der Waals surface area contributed by atoms with E-state index in [-0.39, 0.29) is 5.82 Å². The number of pyridine rings is 1. The van der Waals surface area contributed by atoms with Crippen molar-refractivity contribution in [1.29, 1.82) is 0 Å². The van der Waals surface area contributed by atoms with Crippen molar-refractivity contribution >= 4 is 44.7 Å². The predicted molar refractivity (Wildman–Crippen MR) is 105 cm³/mol. The Morgan fingerprint density at radius 2 is 2.04 bits per heavy atom. The summed E-state index contributed by atoms with van der Waals surface area (Å²) in [7, 11) is 1.66. The van der Waals surface area contributed by atoms with Crippen molar-refractivity contribution in [3.63, 3.8) is 0 Å². The van der Waals surface area contributed by atoms with Gasteiger partial charge in [0.25, 0.3) is 0 Å². The summed E-state index contributed by atoms with van der Waals surface area (Å²) >= 11 is 9.47. The van der Waals surface area contributed by atoms with Crippen LogP contribution in [-0.4, -0.2) is 23.6 Å². The lowest BCUT2D eigenvalue weighted by Gasteiger charge is -2.19. The minimum absolute atomic E-state index is 0.337. The van der Waals surface area contributed by atoms with Crippen molar-refractivity contribution in [1.82, 2.24) is 4.98 Å². The molecule has 0 saturated heterocycles. The van der Waals surface area contributed by atoms with Crippen LogP contribution in [-0.2, 0) is 0 Å². The molecule has 0 aliphatic carbocycles. The van der Waals surface area contributed by atoms with Crippen molar-refractivity contribution in [2.75, 3.05) is 7.05 Å². The molecule has 0 atom stereocenters. The van der Waals surface area contributed by atoms with Gasteiger partial charge in [-0.25, -0.2) is 9.38 Å². The summed E-state index contributed by atoms with van der Waals surface area (Å²) in [5, 5.41) is 0.449. The fourth-order valence-electron chi connectivity index (χ4n) is 2.63. The van der Waals surface area contributed by atoms with Gasteiger partial charge in [0.05, 0.1) is 5.71 Å². The molecule has 0 spiro atoms. The van der Waals surface area contributed by atoms with Gasteiger partial charge in [0.15, 0.2) is 5.84 Å². The standard InChI is InChI=1S/C19H14BrClFN3/c1-3-14-15(11-6-12(20)10-24-9-11)8-18(25-19(14)23-2)16-7-13(21)4-5-17(16)22/h3-10H,1-2H3/b14-3-,23-19+. The summed E-state index contributed by atoms with van der Waals surface area (Å²) in [5.74, 6) is 0.153. The molecule has 1 aliphatic heterocycles. The highest BCUT2D eigenvalue weighted by atomic mass is 79.9. The van der Waals surface area contributed by atoms with Crippen LogP contribution in [0.15, 0.2) is 68.8 Å². The Morgan fingerprint density at radius 1 is 1.24 bits per heavy atom. The van der Waals surface area contributed by atoms with Gasteiger partial charge in [0.2, 0.25) is 0 Å². The first-order valence-electron chi connectivity index (χ1n) is 7.54. The first-order chi connectivity index (χ1) is 12.0. The van der Waals surface area contributed by atoms with Gasteiger partial charge in [-0.3, -0.25) is 9.98 Å². The second-order valence-corrected chi connectivity index (χ2v) is 6.67. The van der Waals surface area contributed by atoms with E-state index in [2.05, 4.69) is 30.9 Å². The molecule has 0 unspecified atom stereocenters. The highest BCUT2D eigenvalue weighted by molar-refractivity contribution is 9.10. The van der Waals surface area contributed by atoms with Crippen molar-refractivity contribution in [3.8, 4) is 0 Å². The second-order valence-electron chi connectivity index (χ2n) is 5.32. The largest absolute Gasteiger partial charge is 0.270 e. The summed E-state index contributed by atoms with van der Waals surface area (Å²) in [4.78, 5) is 13.0. The number of amidine groups is 1. The van der Waals surface area contributed by atoms with Gasteiger partial charge >= 0.3 is 0 Å². The third-order valence-electron chi connectivity index (χ3n) is 3.76. The average molecular weight is 419 g/mol. The molecule has 1 aromatic heterocycles. The van der Waals surface area contributed by atoms with Crippen LogP contribution < -0.4 is 0 Å². The molecule has 2 aromatic rings. The Bertz CT molecular complexity index is 961. The quantitative estimate of drug-likeness (QED) is 0.635. The SMILES string of the molecule is C/C=C1/C(c2cncc(Br)c2)=CC(c2cc(Cl)ccc2F)=N/C1=N/C. The van der Waals surface area contributed by atoms with E-state index in [0.717, 1.165) is 21.2 Å². The third kappa shape index (κ3) is 3.62. The van der Waals surface area contributed by atoms with Crippen LogP contribution in [0.2, 0.25) is 5.02 Å². The minimum Gasteiger partial charge on any atom is -0.270 e. The lowest BCUT2D eigenvalue weighted by Crippen LogP contribution is -2.15. The van der Waals surface area contributed by atoms with Crippen LogP contribution >= 0.6 is 27.5 Å². The molecule has 2 heterocycles.